The zero-order valence-electron chi connectivity index (χ0n) is 13.3. The van der Waals surface area contributed by atoms with Crippen LogP contribution in [0.3, 0.4) is 0 Å². The van der Waals surface area contributed by atoms with Crippen LogP contribution in [-0.4, -0.2) is 31.7 Å². The second-order valence-corrected chi connectivity index (χ2v) is 6.16. The van der Waals surface area contributed by atoms with Gasteiger partial charge in [-0.25, -0.2) is 0 Å². The Morgan fingerprint density at radius 1 is 0.611 bits per heavy atom. The molecule has 0 bridgehead atoms. The first-order valence-corrected chi connectivity index (χ1v) is 7.94. The normalized spacial score (nSPS) is 11.3. The monoisotopic (exact) mass is 277 g/mol. The summed E-state index contributed by atoms with van der Waals surface area (Å²) in [5.41, 5.74) is 0. The number of nitrogens with zero attached hydrogens (tertiary/aromatic N) is 1. The van der Waals surface area contributed by atoms with Crippen LogP contribution in [0.2, 0.25) is 0 Å². The van der Waals surface area contributed by atoms with Gasteiger partial charge in [-0.15, -0.1) is 0 Å². The van der Waals surface area contributed by atoms with Gasteiger partial charge in [0.2, 0.25) is 0 Å². The minimum atomic E-state index is 0. The molecular formula is C16H36ClN. The second-order valence-electron chi connectivity index (χ2n) is 6.16. The van der Waals surface area contributed by atoms with E-state index in [1.165, 1.54) is 81.8 Å². The van der Waals surface area contributed by atoms with Gasteiger partial charge in [0.1, 0.15) is 0 Å². The molecule has 0 aliphatic carbocycles. The molecular weight excluding hydrogens is 242 g/mol. The molecule has 0 aromatic heterocycles. The minimum Gasteiger partial charge on any atom is -1.00 e. The van der Waals surface area contributed by atoms with Crippen molar-refractivity contribution in [2.24, 2.45) is 0 Å². The van der Waals surface area contributed by atoms with E-state index in [1.54, 1.807) is 0 Å². The van der Waals surface area contributed by atoms with Gasteiger partial charge in [0, 0.05) is 0 Å². The van der Waals surface area contributed by atoms with Crippen molar-refractivity contribution >= 4 is 0 Å². The van der Waals surface area contributed by atoms with E-state index in [0.29, 0.717) is 0 Å². The molecule has 0 aromatic rings. The average molecular weight is 278 g/mol. The number of halogens is 1. The van der Waals surface area contributed by atoms with E-state index < -0.39 is 0 Å². The summed E-state index contributed by atoms with van der Waals surface area (Å²) in [6.45, 7) is 7.19. The highest BCUT2D eigenvalue weighted by atomic mass is 35.5. The second kappa shape index (κ2) is 13.7. The van der Waals surface area contributed by atoms with E-state index in [-0.39, 0.29) is 12.4 Å². The lowest BCUT2D eigenvalue weighted by molar-refractivity contribution is -0.888. The van der Waals surface area contributed by atoms with Crippen LogP contribution in [0.1, 0.15) is 78.1 Å². The van der Waals surface area contributed by atoms with Gasteiger partial charge in [-0.3, -0.25) is 0 Å². The quantitative estimate of drug-likeness (QED) is 0.378. The lowest BCUT2D eigenvalue weighted by atomic mass is 10.1. The molecule has 0 radical (unpaired) electrons. The van der Waals surface area contributed by atoms with E-state index in [0.717, 1.165) is 0 Å². The summed E-state index contributed by atoms with van der Waals surface area (Å²) in [5.74, 6) is 0. The molecule has 0 heterocycles. The Bertz CT molecular complexity index is 157. The smallest absolute Gasteiger partial charge is 0.0782 e. The van der Waals surface area contributed by atoms with E-state index >= 15 is 0 Å². The van der Waals surface area contributed by atoms with Crippen molar-refractivity contribution in [3.63, 3.8) is 0 Å². The fraction of sp³-hybridized carbons (Fsp3) is 1.00. The third kappa shape index (κ3) is 14.3. The summed E-state index contributed by atoms with van der Waals surface area (Å²) in [6.07, 6.45) is 14.4. The molecule has 0 rings (SSSR count). The summed E-state index contributed by atoms with van der Waals surface area (Å²) < 4.78 is 1.19. The van der Waals surface area contributed by atoms with Crippen molar-refractivity contribution in [2.45, 2.75) is 78.1 Å². The average Bonchev–Trinajstić information content (AvgIpc) is 2.31. The number of hydrogen-bond acceptors (Lipinski definition) is 0. The molecule has 0 spiro atoms. The summed E-state index contributed by atoms with van der Waals surface area (Å²) >= 11 is 0. The van der Waals surface area contributed by atoms with Crippen molar-refractivity contribution in [3.05, 3.63) is 0 Å². The van der Waals surface area contributed by atoms with Gasteiger partial charge in [0.15, 0.2) is 0 Å². The largest absolute Gasteiger partial charge is 1.00 e. The number of rotatable bonds is 12. The Kier molecular flexibility index (Phi) is 15.6. The van der Waals surface area contributed by atoms with E-state index in [4.69, 9.17) is 0 Å². The third-order valence-corrected chi connectivity index (χ3v) is 3.97. The number of quaternary nitrogens is 1. The maximum absolute atomic E-state index is 2.34. The summed E-state index contributed by atoms with van der Waals surface area (Å²) in [7, 11) is 4.68. The fourth-order valence-corrected chi connectivity index (χ4v) is 2.19. The Morgan fingerprint density at radius 3 is 1.39 bits per heavy atom. The van der Waals surface area contributed by atoms with E-state index in [2.05, 4.69) is 27.9 Å². The van der Waals surface area contributed by atoms with E-state index in [9.17, 15) is 0 Å². The van der Waals surface area contributed by atoms with Crippen LogP contribution in [0.15, 0.2) is 0 Å². The summed E-state index contributed by atoms with van der Waals surface area (Å²) in [5, 5.41) is 0. The molecule has 0 saturated heterocycles. The molecule has 0 aromatic carbocycles. The van der Waals surface area contributed by atoms with Gasteiger partial charge >= 0.3 is 0 Å². The first-order valence-electron chi connectivity index (χ1n) is 7.94. The highest BCUT2D eigenvalue weighted by molar-refractivity contribution is 4.47. The van der Waals surface area contributed by atoms with Gasteiger partial charge in [-0.2, -0.15) is 0 Å². The van der Waals surface area contributed by atoms with E-state index in [1.807, 2.05) is 0 Å². The van der Waals surface area contributed by atoms with Crippen LogP contribution in [0.4, 0.5) is 0 Å². The molecule has 18 heavy (non-hydrogen) atoms. The van der Waals surface area contributed by atoms with Crippen LogP contribution in [0, 0.1) is 0 Å². The predicted molar refractivity (Wildman–Crippen MR) is 79.4 cm³/mol. The zero-order valence-corrected chi connectivity index (χ0v) is 14.1. The highest BCUT2D eigenvalue weighted by Crippen LogP contribution is 2.11. The fourth-order valence-electron chi connectivity index (χ4n) is 2.19. The third-order valence-electron chi connectivity index (χ3n) is 3.97. The molecule has 0 atom stereocenters. The SMILES string of the molecule is CCCCCCCCCCCC[N+](C)(C)CC.[Cl-]. The predicted octanol–water partition coefficient (Wildman–Crippen LogP) is 2.01. The van der Waals surface area contributed by atoms with Crippen molar-refractivity contribution in [1.82, 2.24) is 0 Å². The molecule has 0 unspecified atom stereocenters. The maximum Gasteiger partial charge on any atom is 0.0782 e. The number of unbranched alkanes of at least 4 members (excludes halogenated alkanes) is 9. The Hall–Kier alpha value is 0.250. The van der Waals surface area contributed by atoms with Crippen LogP contribution >= 0.6 is 0 Å². The topological polar surface area (TPSA) is 0 Å². The Labute approximate surface area is 122 Å². The molecule has 0 fully saturated rings. The molecule has 0 aliphatic heterocycles. The lowest BCUT2D eigenvalue weighted by Crippen LogP contribution is -3.00. The molecule has 0 aliphatic rings. The summed E-state index contributed by atoms with van der Waals surface area (Å²) in [6, 6.07) is 0. The highest BCUT2D eigenvalue weighted by Gasteiger charge is 2.09. The van der Waals surface area contributed by atoms with Crippen LogP contribution in [0.5, 0.6) is 0 Å². The molecule has 0 saturated carbocycles. The van der Waals surface area contributed by atoms with Crippen molar-refractivity contribution < 1.29 is 16.9 Å². The van der Waals surface area contributed by atoms with Crippen molar-refractivity contribution in [1.29, 1.82) is 0 Å². The van der Waals surface area contributed by atoms with Crippen LogP contribution < -0.4 is 12.4 Å². The summed E-state index contributed by atoms with van der Waals surface area (Å²) in [4.78, 5) is 0. The standard InChI is InChI=1S/C16H36N.ClH/c1-5-7-8-9-10-11-12-13-14-15-16-17(3,4)6-2;/h5-16H2,1-4H3;1H/q+1;/p-1. The van der Waals surface area contributed by atoms with Crippen LogP contribution in [0.25, 0.3) is 0 Å². The lowest BCUT2D eigenvalue weighted by Gasteiger charge is -2.28. The molecule has 2 heteroatoms. The zero-order chi connectivity index (χ0) is 13.0. The van der Waals surface area contributed by atoms with Gasteiger partial charge in [0.05, 0.1) is 27.2 Å². The van der Waals surface area contributed by atoms with Crippen molar-refractivity contribution in [2.75, 3.05) is 27.2 Å². The number of hydrogen-bond donors (Lipinski definition) is 0. The Morgan fingerprint density at radius 2 is 1.00 bits per heavy atom. The molecule has 112 valence electrons. The molecule has 0 N–H and O–H groups in total. The maximum atomic E-state index is 2.34. The van der Waals surface area contributed by atoms with Crippen molar-refractivity contribution in [3.8, 4) is 0 Å². The van der Waals surface area contributed by atoms with Gasteiger partial charge in [-0.1, -0.05) is 58.3 Å². The van der Waals surface area contributed by atoms with Crippen LogP contribution in [-0.2, 0) is 0 Å². The van der Waals surface area contributed by atoms with Gasteiger partial charge in [-0.05, 0) is 19.8 Å². The minimum absolute atomic E-state index is 0. The van der Waals surface area contributed by atoms with Gasteiger partial charge < -0.3 is 16.9 Å². The first-order chi connectivity index (χ1) is 8.12. The Balaban J connectivity index is 0. The molecule has 0 amide bonds. The van der Waals surface area contributed by atoms with Gasteiger partial charge in [0.25, 0.3) is 0 Å². The molecule has 1 nitrogen and oxygen atoms in total. The first kappa shape index (κ1) is 20.6.